The molecule has 0 aromatic heterocycles. The number of benzene rings is 1. The number of hydrogen-bond donors (Lipinski definition) is 3. The number of anilines is 1. The van der Waals surface area contributed by atoms with Crippen LogP contribution < -0.4 is 11.5 Å². The molecule has 1 rings (SSSR count). The Morgan fingerprint density at radius 1 is 1.54 bits per heavy atom. The number of nitrogens with two attached hydrogens (primary N) is 2. The lowest BCUT2D eigenvalue weighted by atomic mass is 10.1. The van der Waals surface area contributed by atoms with Crippen molar-refractivity contribution in [3.05, 3.63) is 36.2 Å². The van der Waals surface area contributed by atoms with Gasteiger partial charge in [-0.3, -0.25) is 0 Å². The lowest BCUT2D eigenvalue weighted by molar-refractivity contribution is 0.466. The molecule has 0 spiro atoms. The van der Waals surface area contributed by atoms with Gasteiger partial charge in [0, 0.05) is 11.6 Å². The topological polar surface area (TPSA) is 72.3 Å². The Bertz CT molecular complexity index is 339. The van der Waals surface area contributed by atoms with E-state index in [1.807, 2.05) is 0 Å². The van der Waals surface area contributed by atoms with Crippen LogP contribution in [-0.2, 0) is 0 Å². The van der Waals surface area contributed by atoms with Crippen molar-refractivity contribution in [1.29, 1.82) is 0 Å². The van der Waals surface area contributed by atoms with Crippen molar-refractivity contribution in [2.75, 3.05) is 5.73 Å². The predicted molar refractivity (Wildman–Crippen MR) is 49.6 cm³/mol. The van der Waals surface area contributed by atoms with Crippen molar-refractivity contribution in [2.45, 2.75) is 6.04 Å². The predicted octanol–water partition coefficient (Wildman–Crippen LogP) is 1.30. The number of halogens is 1. The van der Waals surface area contributed by atoms with E-state index in [-0.39, 0.29) is 17.0 Å². The van der Waals surface area contributed by atoms with E-state index in [1.165, 1.54) is 6.08 Å². The minimum absolute atomic E-state index is 0.0210. The molecule has 4 heteroatoms. The van der Waals surface area contributed by atoms with E-state index in [4.69, 9.17) is 11.5 Å². The van der Waals surface area contributed by atoms with Gasteiger partial charge in [0.25, 0.3) is 0 Å². The second kappa shape index (κ2) is 3.45. The standard InChI is InChI=1S/C9H11FN2O/c1-2-7(11)6-3-5(10)4-8(12)9(6)13/h2-4,7,13H,1,11-12H2/t7-/m0/s1. The second-order valence-electron chi connectivity index (χ2n) is 2.69. The summed E-state index contributed by atoms with van der Waals surface area (Å²) in [5.41, 5.74) is 11.1. The first-order valence-electron chi connectivity index (χ1n) is 3.72. The van der Waals surface area contributed by atoms with Crippen LogP contribution in [0.1, 0.15) is 11.6 Å². The molecule has 13 heavy (non-hydrogen) atoms. The van der Waals surface area contributed by atoms with E-state index in [1.54, 1.807) is 0 Å². The van der Waals surface area contributed by atoms with Gasteiger partial charge in [0.2, 0.25) is 0 Å². The molecule has 70 valence electrons. The number of phenolic OH excluding ortho intramolecular Hbond substituents is 1. The van der Waals surface area contributed by atoms with Gasteiger partial charge in [-0.2, -0.15) is 0 Å². The number of aromatic hydroxyl groups is 1. The van der Waals surface area contributed by atoms with Crippen LogP contribution in [-0.4, -0.2) is 5.11 Å². The summed E-state index contributed by atoms with van der Waals surface area (Å²) < 4.78 is 12.8. The molecule has 0 aliphatic carbocycles. The molecule has 0 amide bonds. The first kappa shape index (κ1) is 9.54. The van der Waals surface area contributed by atoms with Crippen LogP contribution in [0.5, 0.6) is 5.75 Å². The third-order valence-electron chi connectivity index (χ3n) is 1.75. The number of hydrogen-bond acceptors (Lipinski definition) is 3. The third kappa shape index (κ3) is 1.78. The molecular weight excluding hydrogens is 171 g/mol. The summed E-state index contributed by atoms with van der Waals surface area (Å²) in [4.78, 5) is 0. The molecule has 1 aromatic rings. The van der Waals surface area contributed by atoms with Crippen molar-refractivity contribution in [3.8, 4) is 5.75 Å². The van der Waals surface area contributed by atoms with Gasteiger partial charge in [-0.1, -0.05) is 6.08 Å². The van der Waals surface area contributed by atoms with E-state index < -0.39 is 11.9 Å². The van der Waals surface area contributed by atoms with Crippen molar-refractivity contribution in [1.82, 2.24) is 0 Å². The summed E-state index contributed by atoms with van der Waals surface area (Å²) in [6, 6.07) is 1.56. The zero-order chi connectivity index (χ0) is 10.0. The maximum atomic E-state index is 12.8. The van der Waals surface area contributed by atoms with Crippen molar-refractivity contribution in [2.24, 2.45) is 5.73 Å². The van der Waals surface area contributed by atoms with E-state index in [0.717, 1.165) is 12.1 Å². The molecule has 0 fully saturated rings. The Morgan fingerprint density at radius 2 is 2.15 bits per heavy atom. The molecule has 3 nitrogen and oxygen atoms in total. The van der Waals surface area contributed by atoms with Gasteiger partial charge in [-0.15, -0.1) is 6.58 Å². The molecule has 0 aliphatic rings. The van der Waals surface area contributed by atoms with E-state index >= 15 is 0 Å². The number of rotatable bonds is 2. The maximum absolute atomic E-state index is 12.8. The van der Waals surface area contributed by atoms with Gasteiger partial charge in [0.1, 0.15) is 11.6 Å². The summed E-state index contributed by atoms with van der Waals surface area (Å²) in [6.45, 7) is 3.44. The highest BCUT2D eigenvalue weighted by atomic mass is 19.1. The third-order valence-corrected chi connectivity index (χ3v) is 1.75. The largest absolute Gasteiger partial charge is 0.505 e. The normalized spacial score (nSPS) is 12.5. The molecule has 1 aromatic carbocycles. The molecule has 0 heterocycles. The molecular formula is C9H11FN2O. The Hall–Kier alpha value is -1.55. The average molecular weight is 182 g/mol. The van der Waals surface area contributed by atoms with Crippen LogP contribution in [0.4, 0.5) is 10.1 Å². The summed E-state index contributed by atoms with van der Waals surface area (Å²) in [5, 5.41) is 9.40. The quantitative estimate of drug-likeness (QED) is 0.366. The zero-order valence-corrected chi connectivity index (χ0v) is 7.00. The van der Waals surface area contributed by atoms with Crippen molar-refractivity contribution < 1.29 is 9.50 Å². The molecule has 1 atom stereocenters. The highest BCUT2D eigenvalue weighted by Crippen LogP contribution is 2.30. The molecule has 0 unspecified atom stereocenters. The maximum Gasteiger partial charge on any atom is 0.143 e. The average Bonchev–Trinajstić information content (AvgIpc) is 2.10. The Kier molecular flexibility index (Phi) is 2.53. The zero-order valence-electron chi connectivity index (χ0n) is 7.00. The lowest BCUT2D eigenvalue weighted by Crippen LogP contribution is -2.08. The number of phenols is 1. The van der Waals surface area contributed by atoms with Crippen LogP contribution in [0.2, 0.25) is 0 Å². The van der Waals surface area contributed by atoms with E-state index in [2.05, 4.69) is 6.58 Å². The highest BCUT2D eigenvalue weighted by molar-refractivity contribution is 5.57. The minimum Gasteiger partial charge on any atom is -0.505 e. The second-order valence-corrected chi connectivity index (χ2v) is 2.69. The van der Waals surface area contributed by atoms with Crippen LogP contribution in [0.3, 0.4) is 0 Å². The fourth-order valence-corrected chi connectivity index (χ4v) is 1.02. The van der Waals surface area contributed by atoms with Crippen LogP contribution in [0.25, 0.3) is 0 Å². The first-order chi connectivity index (χ1) is 6.06. The fourth-order valence-electron chi connectivity index (χ4n) is 1.02. The van der Waals surface area contributed by atoms with Crippen LogP contribution in [0, 0.1) is 5.82 Å². The Labute approximate surface area is 75.5 Å². The van der Waals surface area contributed by atoms with Crippen LogP contribution in [0.15, 0.2) is 24.8 Å². The summed E-state index contributed by atoms with van der Waals surface area (Å²) in [7, 11) is 0. The lowest BCUT2D eigenvalue weighted by Gasteiger charge is -2.10. The molecule has 0 radical (unpaired) electrons. The monoisotopic (exact) mass is 182 g/mol. The smallest absolute Gasteiger partial charge is 0.143 e. The molecule has 0 aliphatic heterocycles. The Balaban J connectivity index is 3.27. The number of nitrogen functional groups attached to an aromatic ring is 1. The molecule has 0 saturated carbocycles. The first-order valence-corrected chi connectivity index (χ1v) is 3.72. The molecule has 0 saturated heterocycles. The summed E-state index contributed by atoms with van der Waals surface area (Å²) in [5.74, 6) is -0.712. The van der Waals surface area contributed by atoms with Gasteiger partial charge in [-0.25, -0.2) is 4.39 Å². The SMILES string of the molecule is C=C[C@H](N)c1cc(F)cc(N)c1O. The van der Waals surface area contributed by atoms with Crippen molar-refractivity contribution >= 4 is 5.69 Å². The van der Waals surface area contributed by atoms with Gasteiger partial charge >= 0.3 is 0 Å². The minimum atomic E-state index is -0.613. The Morgan fingerprint density at radius 3 is 2.69 bits per heavy atom. The summed E-state index contributed by atoms with van der Waals surface area (Å²) in [6.07, 6.45) is 1.40. The highest BCUT2D eigenvalue weighted by Gasteiger charge is 2.11. The van der Waals surface area contributed by atoms with Gasteiger partial charge in [-0.05, 0) is 6.07 Å². The van der Waals surface area contributed by atoms with E-state index in [0.29, 0.717) is 0 Å². The fraction of sp³-hybridized carbons (Fsp3) is 0.111. The molecule has 0 bridgehead atoms. The van der Waals surface area contributed by atoms with Gasteiger partial charge in [0.15, 0.2) is 0 Å². The summed E-state index contributed by atoms with van der Waals surface area (Å²) >= 11 is 0. The van der Waals surface area contributed by atoms with Crippen molar-refractivity contribution in [3.63, 3.8) is 0 Å². The van der Waals surface area contributed by atoms with E-state index in [9.17, 15) is 9.50 Å². The van der Waals surface area contributed by atoms with Gasteiger partial charge < -0.3 is 16.6 Å². The van der Waals surface area contributed by atoms with Gasteiger partial charge in [0.05, 0.1) is 11.7 Å². The van der Waals surface area contributed by atoms with Crippen LogP contribution >= 0.6 is 0 Å². The molecule has 5 N–H and O–H groups in total.